The van der Waals surface area contributed by atoms with Gasteiger partial charge in [0, 0.05) is 16.6 Å². The van der Waals surface area contributed by atoms with Crippen LogP contribution in [0, 0.1) is 6.92 Å². The normalized spacial score (nSPS) is 10.8. The second-order valence-corrected chi connectivity index (χ2v) is 4.54. The fourth-order valence-electron chi connectivity index (χ4n) is 2.23. The van der Waals surface area contributed by atoms with E-state index < -0.39 is 0 Å². The molecule has 3 nitrogen and oxygen atoms in total. The van der Waals surface area contributed by atoms with Crippen LogP contribution in [-0.2, 0) is 0 Å². The number of hydrogen-bond donors (Lipinski definition) is 2. The fourth-order valence-corrected chi connectivity index (χ4v) is 2.23. The number of aromatic hydroxyl groups is 2. The summed E-state index contributed by atoms with van der Waals surface area (Å²) >= 11 is 0. The number of nitrogens with zero attached hydrogens (tertiary/aromatic N) is 1. The Balaban J connectivity index is 2.38. The van der Waals surface area contributed by atoms with Crippen LogP contribution in [0.5, 0.6) is 11.5 Å². The predicted octanol–water partition coefficient (Wildman–Crippen LogP) is 3.62. The number of fused-ring (bicyclic) bond motifs is 1. The van der Waals surface area contributed by atoms with Gasteiger partial charge in [-0.2, -0.15) is 0 Å². The van der Waals surface area contributed by atoms with Gasteiger partial charge in [0.1, 0.15) is 0 Å². The topological polar surface area (TPSA) is 53.4 Å². The van der Waals surface area contributed by atoms with Crippen molar-refractivity contribution in [2.45, 2.75) is 6.92 Å². The molecule has 0 amide bonds. The van der Waals surface area contributed by atoms with Crippen molar-refractivity contribution >= 4 is 10.8 Å². The van der Waals surface area contributed by atoms with Crippen molar-refractivity contribution in [3.05, 3.63) is 54.2 Å². The second-order valence-electron chi connectivity index (χ2n) is 4.54. The molecule has 0 saturated heterocycles. The highest BCUT2D eigenvalue weighted by molar-refractivity contribution is 5.96. The van der Waals surface area contributed by atoms with E-state index in [0.29, 0.717) is 0 Å². The first-order valence-corrected chi connectivity index (χ1v) is 6.04. The number of phenolic OH excluding ortho intramolecular Hbond substituents is 2. The van der Waals surface area contributed by atoms with Crippen molar-refractivity contribution in [1.82, 2.24) is 4.98 Å². The summed E-state index contributed by atoms with van der Waals surface area (Å²) in [6.45, 7) is 1.91. The van der Waals surface area contributed by atoms with Gasteiger partial charge >= 0.3 is 0 Å². The standard InChI is InChI=1S/C16H13NO2/c1-10-7-12-8-14(18)15(19)9-13(12)16(17-10)11-5-3-2-4-6-11/h2-9,18-19H,1H3. The number of aryl methyl sites for hydroxylation is 1. The largest absolute Gasteiger partial charge is 0.504 e. The molecule has 0 atom stereocenters. The number of benzene rings is 2. The summed E-state index contributed by atoms with van der Waals surface area (Å²) in [6.07, 6.45) is 0. The van der Waals surface area contributed by atoms with Crippen molar-refractivity contribution in [2.24, 2.45) is 0 Å². The van der Waals surface area contributed by atoms with Gasteiger partial charge < -0.3 is 10.2 Å². The lowest BCUT2D eigenvalue weighted by atomic mass is 10.0. The highest BCUT2D eigenvalue weighted by Crippen LogP contribution is 2.35. The van der Waals surface area contributed by atoms with Crippen molar-refractivity contribution in [1.29, 1.82) is 0 Å². The first kappa shape index (κ1) is 11.5. The summed E-state index contributed by atoms with van der Waals surface area (Å²) in [7, 11) is 0. The third-order valence-corrected chi connectivity index (χ3v) is 3.10. The molecule has 0 saturated carbocycles. The van der Waals surface area contributed by atoms with Crippen molar-refractivity contribution in [2.75, 3.05) is 0 Å². The smallest absolute Gasteiger partial charge is 0.158 e. The van der Waals surface area contributed by atoms with E-state index in [-0.39, 0.29) is 11.5 Å². The Labute approximate surface area is 110 Å². The lowest BCUT2D eigenvalue weighted by molar-refractivity contribution is 0.405. The van der Waals surface area contributed by atoms with Crippen LogP contribution in [0.1, 0.15) is 5.69 Å². The average Bonchev–Trinajstić information content (AvgIpc) is 2.41. The van der Waals surface area contributed by atoms with Crippen LogP contribution in [-0.4, -0.2) is 15.2 Å². The quantitative estimate of drug-likeness (QED) is 0.649. The molecule has 0 radical (unpaired) electrons. The fraction of sp³-hybridized carbons (Fsp3) is 0.0625. The summed E-state index contributed by atoms with van der Waals surface area (Å²) in [5.41, 5.74) is 2.67. The maximum Gasteiger partial charge on any atom is 0.158 e. The van der Waals surface area contributed by atoms with Crippen LogP contribution in [0.3, 0.4) is 0 Å². The molecule has 0 aliphatic carbocycles. The summed E-state index contributed by atoms with van der Waals surface area (Å²) < 4.78 is 0. The van der Waals surface area contributed by atoms with E-state index in [9.17, 15) is 10.2 Å². The molecule has 0 fully saturated rings. The Hall–Kier alpha value is -2.55. The van der Waals surface area contributed by atoms with E-state index in [1.165, 1.54) is 0 Å². The van der Waals surface area contributed by atoms with E-state index in [4.69, 9.17) is 0 Å². The highest BCUT2D eigenvalue weighted by Gasteiger charge is 2.10. The second kappa shape index (κ2) is 4.28. The molecule has 2 N–H and O–H groups in total. The zero-order valence-corrected chi connectivity index (χ0v) is 10.5. The zero-order chi connectivity index (χ0) is 13.4. The number of phenols is 2. The van der Waals surface area contributed by atoms with E-state index in [1.807, 2.05) is 43.3 Å². The number of aromatic nitrogens is 1. The van der Waals surface area contributed by atoms with Crippen LogP contribution in [0.4, 0.5) is 0 Å². The summed E-state index contributed by atoms with van der Waals surface area (Å²) in [5.74, 6) is -0.243. The molecule has 1 aromatic heterocycles. The summed E-state index contributed by atoms with van der Waals surface area (Å²) in [6, 6.07) is 14.8. The molecule has 0 unspecified atom stereocenters. The Kier molecular flexibility index (Phi) is 2.60. The van der Waals surface area contributed by atoms with Crippen LogP contribution < -0.4 is 0 Å². The molecule has 0 spiro atoms. The molecule has 0 aliphatic rings. The molecule has 3 rings (SSSR count). The van der Waals surface area contributed by atoms with E-state index >= 15 is 0 Å². The minimum Gasteiger partial charge on any atom is -0.504 e. The monoisotopic (exact) mass is 251 g/mol. The van der Waals surface area contributed by atoms with Gasteiger partial charge in [0.15, 0.2) is 11.5 Å². The first-order valence-electron chi connectivity index (χ1n) is 6.04. The van der Waals surface area contributed by atoms with Gasteiger partial charge in [-0.3, -0.25) is 4.98 Å². The molecular formula is C16H13NO2. The van der Waals surface area contributed by atoms with E-state index in [2.05, 4.69) is 4.98 Å². The Morgan fingerprint density at radius 2 is 1.58 bits per heavy atom. The van der Waals surface area contributed by atoms with Crippen molar-refractivity contribution in [3.8, 4) is 22.8 Å². The van der Waals surface area contributed by atoms with E-state index in [1.54, 1.807) is 12.1 Å². The SMILES string of the molecule is Cc1cc2cc(O)c(O)cc2c(-c2ccccc2)n1. The lowest BCUT2D eigenvalue weighted by Crippen LogP contribution is -1.90. The molecule has 94 valence electrons. The Bertz CT molecular complexity index is 752. The Morgan fingerprint density at radius 3 is 2.32 bits per heavy atom. The van der Waals surface area contributed by atoms with Crippen LogP contribution in [0.15, 0.2) is 48.5 Å². The number of rotatable bonds is 1. The molecule has 19 heavy (non-hydrogen) atoms. The average molecular weight is 251 g/mol. The predicted molar refractivity (Wildman–Crippen MR) is 75.2 cm³/mol. The van der Waals surface area contributed by atoms with Gasteiger partial charge in [-0.25, -0.2) is 0 Å². The Morgan fingerprint density at radius 1 is 0.895 bits per heavy atom. The molecule has 0 aliphatic heterocycles. The molecule has 1 heterocycles. The zero-order valence-electron chi connectivity index (χ0n) is 10.5. The lowest BCUT2D eigenvalue weighted by Gasteiger charge is -2.09. The third-order valence-electron chi connectivity index (χ3n) is 3.10. The maximum atomic E-state index is 9.68. The van der Waals surface area contributed by atoms with Crippen LogP contribution in [0.2, 0.25) is 0 Å². The number of hydrogen-bond acceptors (Lipinski definition) is 3. The minimum absolute atomic E-state index is 0.114. The third kappa shape index (κ3) is 1.99. The molecule has 2 aromatic carbocycles. The first-order chi connectivity index (χ1) is 9.15. The van der Waals surface area contributed by atoms with Crippen LogP contribution >= 0.6 is 0 Å². The molecule has 3 aromatic rings. The van der Waals surface area contributed by atoms with Gasteiger partial charge in [-0.1, -0.05) is 30.3 Å². The van der Waals surface area contributed by atoms with Crippen LogP contribution in [0.25, 0.3) is 22.0 Å². The van der Waals surface area contributed by atoms with Gasteiger partial charge in [-0.15, -0.1) is 0 Å². The molecular weight excluding hydrogens is 238 g/mol. The van der Waals surface area contributed by atoms with Crippen molar-refractivity contribution < 1.29 is 10.2 Å². The van der Waals surface area contributed by atoms with E-state index in [0.717, 1.165) is 27.7 Å². The van der Waals surface area contributed by atoms with Gasteiger partial charge in [0.25, 0.3) is 0 Å². The molecule has 3 heteroatoms. The van der Waals surface area contributed by atoms with Gasteiger partial charge in [-0.05, 0) is 30.5 Å². The van der Waals surface area contributed by atoms with Crippen molar-refractivity contribution in [3.63, 3.8) is 0 Å². The summed E-state index contributed by atoms with van der Waals surface area (Å²) in [5, 5.41) is 21.0. The summed E-state index contributed by atoms with van der Waals surface area (Å²) in [4.78, 5) is 4.55. The maximum absolute atomic E-state index is 9.68. The van der Waals surface area contributed by atoms with Gasteiger partial charge in [0.05, 0.1) is 5.69 Å². The molecule has 0 bridgehead atoms. The van der Waals surface area contributed by atoms with Gasteiger partial charge in [0.2, 0.25) is 0 Å². The minimum atomic E-state index is -0.129. The highest BCUT2D eigenvalue weighted by atomic mass is 16.3. The number of pyridine rings is 1.